The molecule has 1 fully saturated rings. The number of carbonyl (C=O) groups is 2. The Hall–Kier alpha value is -3.17. The number of halogens is 1. The lowest BCUT2D eigenvalue weighted by molar-refractivity contribution is -0.115. The lowest BCUT2D eigenvalue weighted by Crippen LogP contribution is -2.34. The van der Waals surface area contributed by atoms with Crippen LogP contribution in [0.5, 0.6) is 0 Å². The van der Waals surface area contributed by atoms with Crippen molar-refractivity contribution in [3.05, 3.63) is 60.7 Å². The minimum absolute atomic E-state index is 0. The third kappa shape index (κ3) is 5.25. The Kier molecular flexibility index (Phi) is 7.21. The Morgan fingerprint density at radius 3 is 2.70 bits per heavy atom. The van der Waals surface area contributed by atoms with Gasteiger partial charge in [0.25, 0.3) is 5.91 Å². The van der Waals surface area contributed by atoms with Gasteiger partial charge in [0.2, 0.25) is 5.91 Å². The van der Waals surface area contributed by atoms with Crippen LogP contribution < -0.4 is 16.0 Å². The van der Waals surface area contributed by atoms with Gasteiger partial charge in [-0.15, -0.1) is 12.4 Å². The molecule has 30 heavy (non-hydrogen) atoms. The average molecular weight is 430 g/mol. The normalized spacial score (nSPS) is 15.8. The first-order chi connectivity index (χ1) is 14.2. The highest BCUT2D eigenvalue weighted by molar-refractivity contribution is 5.98. The fraction of sp³-hybridized carbons (Fsp3) is 0.300. The summed E-state index contributed by atoms with van der Waals surface area (Å²) in [6.45, 7) is 1.74. The van der Waals surface area contributed by atoms with E-state index in [0.29, 0.717) is 11.4 Å². The minimum Gasteiger partial charge on any atom is -0.342 e. The Morgan fingerprint density at radius 1 is 1.17 bits per heavy atom. The molecule has 1 saturated heterocycles. The van der Waals surface area contributed by atoms with Crippen LogP contribution in [-0.4, -0.2) is 51.0 Å². The number of amides is 2. The molecule has 0 aliphatic carbocycles. The zero-order chi connectivity index (χ0) is 20.1. The number of hydrogen-bond acceptors (Lipinski definition) is 5. The predicted octanol–water partition coefficient (Wildman–Crippen LogP) is 1.78. The topological polar surface area (TPSA) is 106 Å². The summed E-state index contributed by atoms with van der Waals surface area (Å²) in [5.74, 6) is -0.669. The zero-order valence-corrected chi connectivity index (χ0v) is 17.1. The van der Waals surface area contributed by atoms with Crippen LogP contribution in [0.15, 0.2) is 55.0 Å². The van der Waals surface area contributed by atoms with Gasteiger partial charge in [-0.1, -0.05) is 0 Å². The molecular weight excluding hydrogens is 406 g/mol. The fourth-order valence-corrected chi connectivity index (χ4v) is 3.30. The summed E-state index contributed by atoms with van der Waals surface area (Å²) in [4.78, 5) is 24.4. The van der Waals surface area contributed by atoms with E-state index in [2.05, 4.69) is 26.1 Å². The number of benzene rings is 1. The molecule has 0 saturated carbocycles. The molecule has 2 amide bonds. The monoisotopic (exact) mass is 429 g/mol. The van der Waals surface area contributed by atoms with Crippen molar-refractivity contribution in [1.29, 1.82) is 0 Å². The molecule has 1 aliphatic heterocycles. The van der Waals surface area contributed by atoms with Crippen LogP contribution in [0.25, 0.3) is 5.69 Å². The highest BCUT2D eigenvalue weighted by Gasteiger charge is 2.18. The molecule has 3 aromatic rings. The van der Waals surface area contributed by atoms with E-state index in [1.165, 1.54) is 0 Å². The van der Waals surface area contributed by atoms with E-state index >= 15 is 0 Å². The SMILES string of the molecule is Cl.O=C(CNC(=O)c1ccn(C2CCCNC2)n1)Nc1ccc(-n2cccn2)cc1. The standard InChI is InChI=1S/C20H23N7O2.ClH/c28-19(24-15-4-6-16(7-5-15)26-11-2-10-23-26)14-22-20(29)18-8-12-27(25-18)17-3-1-9-21-13-17;/h2,4-8,10-12,17,21H,1,3,9,13-14H2,(H,22,29)(H,24,28);1H. The van der Waals surface area contributed by atoms with Crippen LogP contribution in [0.1, 0.15) is 29.4 Å². The van der Waals surface area contributed by atoms with Crippen molar-refractivity contribution in [2.24, 2.45) is 0 Å². The Bertz CT molecular complexity index is 963. The third-order valence-electron chi connectivity index (χ3n) is 4.82. The number of aromatic nitrogens is 4. The Balaban J connectivity index is 0.00000256. The maximum atomic E-state index is 12.3. The van der Waals surface area contributed by atoms with Gasteiger partial charge < -0.3 is 16.0 Å². The molecule has 3 heterocycles. The third-order valence-corrected chi connectivity index (χ3v) is 4.82. The van der Waals surface area contributed by atoms with E-state index in [4.69, 9.17) is 0 Å². The summed E-state index contributed by atoms with van der Waals surface area (Å²) in [5.41, 5.74) is 1.85. The van der Waals surface area contributed by atoms with E-state index in [1.54, 1.807) is 29.1 Å². The zero-order valence-electron chi connectivity index (χ0n) is 16.3. The van der Waals surface area contributed by atoms with E-state index in [1.807, 2.05) is 35.3 Å². The van der Waals surface area contributed by atoms with E-state index in [-0.39, 0.29) is 36.8 Å². The highest BCUT2D eigenvalue weighted by Crippen LogP contribution is 2.16. The van der Waals surface area contributed by atoms with Crippen LogP contribution in [0.2, 0.25) is 0 Å². The quantitative estimate of drug-likeness (QED) is 0.554. The first kappa shape index (κ1) is 21.5. The number of piperidine rings is 1. The molecular formula is C20H24ClN7O2. The van der Waals surface area contributed by atoms with Gasteiger partial charge in [-0.3, -0.25) is 14.3 Å². The van der Waals surface area contributed by atoms with Crippen LogP contribution in [0.4, 0.5) is 5.69 Å². The van der Waals surface area contributed by atoms with Crippen LogP contribution >= 0.6 is 12.4 Å². The van der Waals surface area contributed by atoms with Gasteiger partial charge in [0, 0.05) is 30.8 Å². The van der Waals surface area contributed by atoms with E-state index < -0.39 is 0 Å². The van der Waals surface area contributed by atoms with Gasteiger partial charge in [-0.05, 0) is 55.8 Å². The molecule has 2 aromatic heterocycles. The smallest absolute Gasteiger partial charge is 0.272 e. The molecule has 4 rings (SSSR count). The van der Waals surface area contributed by atoms with Crippen molar-refractivity contribution < 1.29 is 9.59 Å². The second-order valence-corrected chi connectivity index (χ2v) is 6.91. The van der Waals surface area contributed by atoms with Crippen LogP contribution in [0, 0.1) is 0 Å². The van der Waals surface area contributed by atoms with Crippen molar-refractivity contribution in [2.45, 2.75) is 18.9 Å². The molecule has 0 spiro atoms. The van der Waals surface area contributed by atoms with Gasteiger partial charge in [-0.25, -0.2) is 4.68 Å². The predicted molar refractivity (Wildman–Crippen MR) is 115 cm³/mol. The van der Waals surface area contributed by atoms with Crippen molar-refractivity contribution in [2.75, 3.05) is 25.0 Å². The molecule has 1 aromatic carbocycles. The van der Waals surface area contributed by atoms with Gasteiger partial charge in [0.15, 0.2) is 0 Å². The molecule has 10 heteroatoms. The van der Waals surface area contributed by atoms with E-state index in [9.17, 15) is 9.59 Å². The minimum atomic E-state index is -0.364. The molecule has 0 radical (unpaired) electrons. The number of hydrogen-bond donors (Lipinski definition) is 3. The Labute approximate surface area is 180 Å². The number of anilines is 1. The first-order valence-electron chi connectivity index (χ1n) is 9.63. The largest absolute Gasteiger partial charge is 0.342 e. The molecule has 1 unspecified atom stereocenters. The summed E-state index contributed by atoms with van der Waals surface area (Å²) in [5, 5.41) is 17.2. The lowest BCUT2D eigenvalue weighted by atomic mass is 10.1. The molecule has 0 bridgehead atoms. The number of nitrogens with one attached hydrogen (secondary N) is 3. The van der Waals surface area contributed by atoms with Gasteiger partial charge in [0.1, 0.15) is 5.69 Å². The molecule has 1 atom stereocenters. The molecule has 158 valence electrons. The van der Waals surface area contributed by atoms with Crippen LogP contribution in [0.3, 0.4) is 0 Å². The van der Waals surface area contributed by atoms with Gasteiger partial charge >= 0.3 is 0 Å². The highest BCUT2D eigenvalue weighted by atomic mass is 35.5. The van der Waals surface area contributed by atoms with Gasteiger partial charge in [0.05, 0.1) is 18.3 Å². The van der Waals surface area contributed by atoms with Crippen molar-refractivity contribution >= 4 is 29.9 Å². The summed E-state index contributed by atoms with van der Waals surface area (Å²) in [6, 6.07) is 11.1. The summed E-state index contributed by atoms with van der Waals surface area (Å²) >= 11 is 0. The number of rotatable bonds is 6. The number of carbonyl (C=O) groups excluding carboxylic acids is 2. The molecule has 3 N–H and O–H groups in total. The average Bonchev–Trinajstić information content (AvgIpc) is 3.46. The van der Waals surface area contributed by atoms with Gasteiger partial charge in [-0.2, -0.15) is 10.2 Å². The van der Waals surface area contributed by atoms with Crippen molar-refractivity contribution in [1.82, 2.24) is 30.2 Å². The molecule has 9 nitrogen and oxygen atoms in total. The molecule has 1 aliphatic rings. The van der Waals surface area contributed by atoms with Crippen molar-refractivity contribution in [3.63, 3.8) is 0 Å². The maximum absolute atomic E-state index is 12.3. The van der Waals surface area contributed by atoms with Crippen molar-refractivity contribution in [3.8, 4) is 5.69 Å². The van der Waals surface area contributed by atoms with E-state index in [0.717, 1.165) is 31.6 Å². The first-order valence-corrected chi connectivity index (χ1v) is 9.63. The number of nitrogens with zero attached hydrogens (tertiary/aromatic N) is 4. The maximum Gasteiger partial charge on any atom is 0.272 e. The Morgan fingerprint density at radius 2 is 2.00 bits per heavy atom. The summed E-state index contributed by atoms with van der Waals surface area (Å²) < 4.78 is 3.55. The second kappa shape index (κ2) is 10.0. The summed E-state index contributed by atoms with van der Waals surface area (Å²) in [7, 11) is 0. The fourth-order valence-electron chi connectivity index (χ4n) is 3.30. The summed E-state index contributed by atoms with van der Waals surface area (Å²) in [6.07, 6.45) is 7.49. The van der Waals surface area contributed by atoms with Crippen LogP contribution in [-0.2, 0) is 4.79 Å². The lowest BCUT2D eigenvalue weighted by Gasteiger charge is -2.22. The second-order valence-electron chi connectivity index (χ2n) is 6.91.